The Hall–Kier alpha value is -1.35. The van der Waals surface area contributed by atoms with Gasteiger partial charge in [-0.2, -0.15) is 0 Å². The normalized spacial score (nSPS) is 24.1. The minimum absolute atomic E-state index is 0.0597. The predicted molar refractivity (Wildman–Crippen MR) is 66.6 cm³/mol. The first-order valence-corrected chi connectivity index (χ1v) is 6.18. The van der Waals surface area contributed by atoms with Crippen LogP contribution >= 0.6 is 0 Å². The summed E-state index contributed by atoms with van der Waals surface area (Å²) >= 11 is 0. The fourth-order valence-corrected chi connectivity index (χ4v) is 2.17. The van der Waals surface area contributed by atoms with Gasteiger partial charge in [-0.05, 0) is 31.2 Å². The van der Waals surface area contributed by atoms with Crippen LogP contribution in [0.2, 0.25) is 0 Å². The van der Waals surface area contributed by atoms with E-state index in [1.54, 1.807) is 0 Å². The summed E-state index contributed by atoms with van der Waals surface area (Å²) < 4.78 is 0. The molecule has 0 spiro atoms. The summed E-state index contributed by atoms with van der Waals surface area (Å²) in [5.41, 5.74) is 1.25. The SMILES string of the molecule is CC(CCO)NC(=O)C1CC1c1ccccc1. The molecule has 2 N–H and O–H groups in total. The van der Waals surface area contributed by atoms with E-state index < -0.39 is 0 Å². The molecule has 1 aliphatic rings. The molecule has 0 saturated heterocycles. The first-order valence-electron chi connectivity index (χ1n) is 6.18. The quantitative estimate of drug-likeness (QED) is 0.813. The number of hydrogen-bond acceptors (Lipinski definition) is 2. The fraction of sp³-hybridized carbons (Fsp3) is 0.500. The van der Waals surface area contributed by atoms with Crippen LogP contribution in [0, 0.1) is 5.92 Å². The number of rotatable bonds is 5. The Labute approximate surface area is 102 Å². The average molecular weight is 233 g/mol. The third-order valence-electron chi connectivity index (χ3n) is 3.31. The lowest BCUT2D eigenvalue weighted by atomic mass is 10.1. The van der Waals surface area contributed by atoms with E-state index in [0.717, 1.165) is 6.42 Å². The Morgan fingerprint density at radius 2 is 2.18 bits per heavy atom. The van der Waals surface area contributed by atoms with Crippen molar-refractivity contribution < 1.29 is 9.90 Å². The number of aliphatic hydroxyl groups excluding tert-OH is 1. The fourth-order valence-electron chi connectivity index (χ4n) is 2.17. The highest BCUT2D eigenvalue weighted by Crippen LogP contribution is 2.47. The Morgan fingerprint density at radius 3 is 2.82 bits per heavy atom. The highest BCUT2D eigenvalue weighted by Gasteiger charge is 2.43. The summed E-state index contributed by atoms with van der Waals surface area (Å²) in [5, 5.41) is 11.7. The van der Waals surface area contributed by atoms with Crippen LogP contribution in [0.15, 0.2) is 30.3 Å². The Bertz CT molecular complexity index is 377. The van der Waals surface area contributed by atoms with Crippen molar-refractivity contribution in [1.29, 1.82) is 0 Å². The van der Waals surface area contributed by atoms with E-state index in [1.165, 1.54) is 5.56 Å². The van der Waals surface area contributed by atoms with E-state index in [4.69, 9.17) is 5.11 Å². The van der Waals surface area contributed by atoms with E-state index in [2.05, 4.69) is 17.4 Å². The van der Waals surface area contributed by atoms with Crippen molar-refractivity contribution in [2.45, 2.75) is 31.7 Å². The summed E-state index contributed by atoms with van der Waals surface area (Å²) in [6, 6.07) is 10.2. The van der Waals surface area contributed by atoms with Gasteiger partial charge in [-0.3, -0.25) is 4.79 Å². The standard InChI is InChI=1S/C14H19NO2/c1-10(7-8-16)15-14(17)13-9-12(13)11-5-3-2-4-6-11/h2-6,10,12-13,16H,7-9H2,1H3,(H,15,17). The van der Waals surface area contributed by atoms with Gasteiger partial charge >= 0.3 is 0 Å². The number of nitrogens with one attached hydrogen (secondary N) is 1. The molecule has 3 heteroatoms. The molecule has 1 saturated carbocycles. The lowest BCUT2D eigenvalue weighted by Gasteiger charge is -2.12. The number of benzene rings is 1. The number of carbonyl (C=O) groups excluding carboxylic acids is 1. The Kier molecular flexibility index (Phi) is 3.79. The molecule has 3 nitrogen and oxygen atoms in total. The minimum atomic E-state index is 0.0597. The average Bonchev–Trinajstić information content (AvgIpc) is 3.10. The summed E-state index contributed by atoms with van der Waals surface area (Å²) in [7, 11) is 0. The van der Waals surface area contributed by atoms with Crippen LogP contribution < -0.4 is 5.32 Å². The Morgan fingerprint density at radius 1 is 1.47 bits per heavy atom. The molecule has 0 aliphatic heterocycles. The molecule has 92 valence electrons. The molecule has 1 aromatic carbocycles. The number of hydrogen-bond donors (Lipinski definition) is 2. The van der Waals surface area contributed by atoms with Crippen molar-refractivity contribution in [2.75, 3.05) is 6.61 Å². The first-order chi connectivity index (χ1) is 8.22. The van der Waals surface area contributed by atoms with Gasteiger partial charge in [-0.15, -0.1) is 0 Å². The van der Waals surface area contributed by atoms with Crippen LogP contribution in [0.4, 0.5) is 0 Å². The molecule has 3 atom stereocenters. The molecule has 2 rings (SSSR count). The summed E-state index contributed by atoms with van der Waals surface area (Å²) in [5.74, 6) is 0.635. The van der Waals surface area contributed by atoms with E-state index in [-0.39, 0.29) is 24.5 Å². The topological polar surface area (TPSA) is 49.3 Å². The van der Waals surface area contributed by atoms with Gasteiger partial charge in [0.1, 0.15) is 0 Å². The van der Waals surface area contributed by atoms with Gasteiger partial charge in [0.25, 0.3) is 0 Å². The second-order valence-electron chi connectivity index (χ2n) is 4.78. The summed E-state index contributed by atoms with van der Waals surface area (Å²) in [4.78, 5) is 11.9. The van der Waals surface area contributed by atoms with Crippen LogP contribution in [0.25, 0.3) is 0 Å². The molecule has 1 aliphatic carbocycles. The molecule has 1 amide bonds. The second-order valence-corrected chi connectivity index (χ2v) is 4.78. The maximum absolute atomic E-state index is 11.9. The molecule has 0 radical (unpaired) electrons. The Balaban J connectivity index is 1.84. The third-order valence-corrected chi connectivity index (χ3v) is 3.31. The highest BCUT2D eigenvalue weighted by atomic mass is 16.3. The van der Waals surface area contributed by atoms with Gasteiger partial charge in [0, 0.05) is 18.6 Å². The molecular weight excluding hydrogens is 214 g/mol. The number of amides is 1. The van der Waals surface area contributed by atoms with Gasteiger partial charge in [0.2, 0.25) is 5.91 Å². The molecule has 1 aromatic rings. The largest absolute Gasteiger partial charge is 0.396 e. The number of aliphatic hydroxyl groups is 1. The predicted octanol–water partition coefficient (Wildman–Crippen LogP) is 1.68. The first kappa shape index (κ1) is 12.1. The lowest BCUT2D eigenvalue weighted by Crippen LogP contribution is -2.34. The van der Waals surface area contributed by atoms with Crippen molar-refractivity contribution in [3.05, 3.63) is 35.9 Å². The van der Waals surface area contributed by atoms with E-state index in [9.17, 15) is 4.79 Å². The zero-order valence-electron chi connectivity index (χ0n) is 10.1. The van der Waals surface area contributed by atoms with E-state index in [0.29, 0.717) is 12.3 Å². The van der Waals surface area contributed by atoms with Crippen LogP contribution in [0.3, 0.4) is 0 Å². The molecular formula is C14H19NO2. The van der Waals surface area contributed by atoms with Gasteiger partial charge < -0.3 is 10.4 Å². The number of carbonyl (C=O) groups is 1. The molecule has 17 heavy (non-hydrogen) atoms. The van der Waals surface area contributed by atoms with E-state index >= 15 is 0 Å². The zero-order chi connectivity index (χ0) is 12.3. The third kappa shape index (κ3) is 3.07. The monoisotopic (exact) mass is 233 g/mol. The van der Waals surface area contributed by atoms with Gasteiger partial charge in [0.15, 0.2) is 0 Å². The van der Waals surface area contributed by atoms with Crippen molar-refractivity contribution >= 4 is 5.91 Å². The summed E-state index contributed by atoms with van der Waals surface area (Å²) in [6.45, 7) is 2.04. The van der Waals surface area contributed by atoms with Crippen LogP contribution in [0.1, 0.15) is 31.2 Å². The van der Waals surface area contributed by atoms with Gasteiger partial charge in [-0.1, -0.05) is 30.3 Å². The summed E-state index contributed by atoms with van der Waals surface area (Å²) in [6.07, 6.45) is 1.57. The smallest absolute Gasteiger partial charge is 0.223 e. The van der Waals surface area contributed by atoms with Crippen molar-refractivity contribution in [2.24, 2.45) is 5.92 Å². The van der Waals surface area contributed by atoms with Crippen molar-refractivity contribution in [3.63, 3.8) is 0 Å². The second kappa shape index (κ2) is 5.32. The van der Waals surface area contributed by atoms with E-state index in [1.807, 2.05) is 25.1 Å². The van der Waals surface area contributed by atoms with Crippen molar-refractivity contribution in [1.82, 2.24) is 5.32 Å². The molecule has 1 fully saturated rings. The van der Waals surface area contributed by atoms with Gasteiger partial charge in [-0.25, -0.2) is 0 Å². The van der Waals surface area contributed by atoms with Crippen molar-refractivity contribution in [3.8, 4) is 0 Å². The zero-order valence-corrected chi connectivity index (χ0v) is 10.1. The minimum Gasteiger partial charge on any atom is -0.396 e. The van der Waals surface area contributed by atoms with Crippen LogP contribution in [-0.4, -0.2) is 23.7 Å². The van der Waals surface area contributed by atoms with Crippen LogP contribution in [0.5, 0.6) is 0 Å². The van der Waals surface area contributed by atoms with Gasteiger partial charge in [0.05, 0.1) is 0 Å². The molecule has 3 unspecified atom stereocenters. The lowest BCUT2D eigenvalue weighted by molar-refractivity contribution is -0.123. The highest BCUT2D eigenvalue weighted by molar-refractivity contribution is 5.83. The van der Waals surface area contributed by atoms with Crippen LogP contribution in [-0.2, 0) is 4.79 Å². The maximum atomic E-state index is 11.9. The molecule has 0 aromatic heterocycles. The molecule has 0 bridgehead atoms. The molecule has 0 heterocycles. The maximum Gasteiger partial charge on any atom is 0.223 e.